The minimum absolute atomic E-state index is 0.386. The molecular formula is C15H20BrNO2. The summed E-state index contributed by atoms with van der Waals surface area (Å²) in [4.78, 5) is 0. The van der Waals surface area contributed by atoms with Gasteiger partial charge in [0.05, 0.1) is 13.2 Å². The van der Waals surface area contributed by atoms with Crippen LogP contribution in [0.25, 0.3) is 0 Å². The van der Waals surface area contributed by atoms with E-state index in [9.17, 15) is 0 Å². The average Bonchev–Trinajstić information content (AvgIpc) is 2.93. The van der Waals surface area contributed by atoms with E-state index < -0.39 is 0 Å². The van der Waals surface area contributed by atoms with E-state index in [0.29, 0.717) is 18.0 Å². The third-order valence-electron chi connectivity index (χ3n) is 4.15. The number of rotatable bonds is 3. The van der Waals surface area contributed by atoms with Crippen molar-refractivity contribution >= 4 is 15.9 Å². The van der Waals surface area contributed by atoms with E-state index >= 15 is 0 Å². The smallest absolute Gasteiger partial charge is 0.124 e. The summed E-state index contributed by atoms with van der Waals surface area (Å²) in [6.07, 6.45) is 2.20. The lowest BCUT2D eigenvalue weighted by Crippen LogP contribution is -2.38. The van der Waals surface area contributed by atoms with E-state index in [4.69, 9.17) is 9.47 Å². The van der Waals surface area contributed by atoms with Crippen molar-refractivity contribution in [3.05, 3.63) is 28.2 Å². The van der Waals surface area contributed by atoms with Crippen LogP contribution in [-0.4, -0.2) is 25.9 Å². The van der Waals surface area contributed by atoms with Crippen molar-refractivity contribution in [1.29, 1.82) is 0 Å². The molecule has 0 amide bonds. The lowest BCUT2D eigenvalue weighted by atomic mass is 9.95. The SMILES string of the molecule is CC(NC1CCOc2ccc(Br)cc21)C1CCOC1. The minimum atomic E-state index is 0.386. The normalized spacial score (nSPS) is 27.7. The maximum absolute atomic E-state index is 5.73. The highest BCUT2D eigenvalue weighted by molar-refractivity contribution is 9.10. The predicted octanol–water partition coefficient (Wildman–Crippen LogP) is 3.29. The number of fused-ring (bicyclic) bond motifs is 1. The number of benzene rings is 1. The average molecular weight is 326 g/mol. The third kappa shape index (κ3) is 2.96. The molecule has 1 fully saturated rings. The second-order valence-corrected chi connectivity index (χ2v) is 6.37. The first kappa shape index (κ1) is 13.4. The van der Waals surface area contributed by atoms with Crippen LogP contribution in [0.5, 0.6) is 5.75 Å². The quantitative estimate of drug-likeness (QED) is 0.925. The van der Waals surface area contributed by atoms with Gasteiger partial charge in [-0.2, -0.15) is 0 Å². The summed E-state index contributed by atoms with van der Waals surface area (Å²) >= 11 is 3.55. The van der Waals surface area contributed by atoms with E-state index in [1.54, 1.807) is 0 Å². The van der Waals surface area contributed by atoms with Crippen LogP contribution in [0.1, 0.15) is 31.4 Å². The highest BCUT2D eigenvalue weighted by Gasteiger charge is 2.27. The molecule has 19 heavy (non-hydrogen) atoms. The van der Waals surface area contributed by atoms with Gasteiger partial charge >= 0.3 is 0 Å². The zero-order valence-electron chi connectivity index (χ0n) is 11.2. The Morgan fingerprint density at radius 3 is 3.00 bits per heavy atom. The molecule has 4 heteroatoms. The van der Waals surface area contributed by atoms with Crippen LogP contribution in [0.4, 0.5) is 0 Å². The first-order valence-corrected chi connectivity index (χ1v) is 7.79. The van der Waals surface area contributed by atoms with Gasteiger partial charge < -0.3 is 14.8 Å². The molecule has 0 aliphatic carbocycles. The Bertz CT molecular complexity index is 446. The molecule has 3 rings (SSSR count). The van der Waals surface area contributed by atoms with Crippen molar-refractivity contribution in [2.75, 3.05) is 19.8 Å². The molecule has 3 unspecified atom stereocenters. The summed E-state index contributed by atoms with van der Waals surface area (Å²) in [5, 5.41) is 3.76. The molecule has 1 saturated heterocycles. The van der Waals surface area contributed by atoms with Gasteiger partial charge in [0.25, 0.3) is 0 Å². The van der Waals surface area contributed by atoms with E-state index in [2.05, 4.69) is 40.3 Å². The number of nitrogens with one attached hydrogen (secondary N) is 1. The first-order chi connectivity index (χ1) is 9.24. The molecule has 0 saturated carbocycles. The molecule has 1 aromatic carbocycles. The second-order valence-electron chi connectivity index (χ2n) is 5.45. The summed E-state index contributed by atoms with van der Waals surface area (Å²) in [7, 11) is 0. The van der Waals surface area contributed by atoms with Crippen LogP contribution in [0.2, 0.25) is 0 Å². The largest absolute Gasteiger partial charge is 0.493 e. The summed E-state index contributed by atoms with van der Waals surface area (Å²) in [5.41, 5.74) is 1.27. The standard InChI is InChI=1S/C15H20BrNO2/c1-10(11-4-6-18-9-11)17-14-5-7-19-15-3-2-12(16)8-13(14)15/h2-3,8,10-11,14,17H,4-7,9H2,1H3. The molecule has 3 atom stereocenters. The van der Waals surface area contributed by atoms with Gasteiger partial charge in [-0.1, -0.05) is 15.9 Å². The Balaban J connectivity index is 1.73. The van der Waals surface area contributed by atoms with Gasteiger partial charge in [-0.15, -0.1) is 0 Å². The van der Waals surface area contributed by atoms with Crippen molar-refractivity contribution < 1.29 is 9.47 Å². The molecule has 1 N–H and O–H groups in total. The van der Waals surface area contributed by atoms with Crippen molar-refractivity contribution in [3.8, 4) is 5.75 Å². The van der Waals surface area contributed by atoms with Crippen LogP contribution >= 0.6 is 15.9 Å². The fourth-order valence-electron chi connectivity index (χ4n) is 2.94. The van der Waals surface area contributed by atoms with Gasteiger partial charge in [0, 0.05) is 35.1 Å². The fraction of sp³-hybridized carbons (Fsp3) is 0.600. The van der Waals surface area contributed by atoms with Crippen molar-refractivity contribution in [1.82, 2.24) is 5.32 Å². The van der Waals surface area contributed by atoms with Crippen LogP contribution in [0.15, 0.2) is 22.7 Å². The molecular weight excluding hydrogens is 306 g/mol. The Morgan fingerprint density at radius 2 is 2.21 bits per heavy atom. The molecule has 0 aromatic heterocycles. The molecule has 2 aliphatic heterocycles. The highest BCUT2D eigenvalue weighted by atomic mass is 79.9. The zero-order valence-corrected chi connectivity index (χ0v) is 12.8. The van der Waals surface area contributed by atoms with Crippen molar-refractivity contribution in [2.45, 2.75) is 31.8 Å². The molecule has 0 bridgehead atoms. The molecule has 2 aliphatic rings. The topological polar surface area (TPSA) is 30.5 Å². The van der Waals surface area contributed by atoms with E-state index in [0.717, 1.165) is 36.5 Å². The Kier molecular flexibility index (Phi) is 4.10. The van der Waals surface area contributed by atoms with Gasteiger partial charge in [-0.25, -0.2) is 0 Å². The minimum Gasteiger partial charge on any atom is -0.493 e. The molecule has 1 aromatic rings. The maximum atomic E-state index is 5.73. The lowest BCUT2D eigenvalue weighted by molar-refractivity contribution is 0.173. The van der Waals surface area contributed by atoms with E-state index in [1.807, 2.05) is 6.07 Å². The Labute approximate surface area is 122 Å². The lowest BCUT2D eigenvalue weighted by Gasteiger charge is -2.31. The molecule has 2 heterocycles. The van der Waals surface area contributed by atoms with Crippen molar-refractivity contribution in [2.24, 2.45) is 5.92 Å². The molecule has 3 nitrogen and oxygen atoms in total. The Hall–Kier alpha value is -0.580. The summed E-state index contributed by atoms with van der Waals surface area (Å²) in [6.45, 7) is 4.86. The Morgan fingerprint density at radius 1 is 1.32 bits per heavy atom. The predicted molar refractivity (Wildman–Crippen MR) is 78.5 cm³/mol. The van der Waals surface area contributed by atoms with Gasteiger partial charge in [-0.3, -0.25) is 0 Å². The number of halogens is 1. The third-order valence-corrected chi connectivity index (χ3v) is 4.64. The maximum Gasteiger partial charge on any atom is 0.124 e. The molecule has 0 spiro atoms. The number of ether oxygens (including phenoxy) is 2. The number of hydrogen-bond donors (Lipinski definition) is 1. The van der Waals surface area contributed by atoms with Gasteiger partial charge in [0.2, 0.25) is 0 Å². The molecule has 0 radical (unpaired) electrons. The van der Waals surface area contributed by atoms with Crippen LogP contribution in [0.3, 0.4) is 0 Å². The van der Waals surface area contributed by atoms with Gasteiger partial charge in [0.1, 0.15) is 5.75 Å². The fourth-order valence-corrected chi connectivity index (χ4v) is 3.32. The van der Waals surface area contributed by atoms with E-state index in [-0.39, 0.29) is 0 Å². The van der Waals surface area contributed by atoms with Crippen molar-refractivity contribution in [3.63, 3.8) is 0 Å². The van der Waals surface area contributed by atoms with E-state index in [1.165, 1.54) is 12.0 Å². The van der Waals surface area contributed by atoms with Crippen LogP contribution in [0, 0.1) is 5.92 Å². The number of hydrogen-bond acceptors (Lipinski definition) is 3. The zero-order chi connectivity index (χ0) is 13.2. The summed E-state index contributed by atoms with van der Waals surface area (Å²) in [6, 6.07) is 7.13. The van der Waals surface area contributed by atoms with Gasteiger partial charge in [-0.05, 0) is 37.5 Å². The van der Waals surface area contributed by atoms with Crippen LogP contribution in [-0.2, 0) is 4.74 Å². The first-order valence-electron chi connectivity index (χ1n) is 7.00. The summed E-state index contributed by atoms with van der Waals surface area (Å²) < 4.78 is 12.3. The van der Waals surface area contributed by atoms with Crippen LogP contribution < -0.4 is 10.1 Å². The summed E-state index contributed by atoms with van der Waals surface area (Å²) in [5.74, 6) is 1.65. The monoisotopic (exact) mass is 325 g/mol. The second kappa shape index (κ2) is 5.81. The highest BCUT2D eigenvalue weighted by Crippen LogP contribution is 2.35. The van der Waals surface area contributed by atoms with Gasteiger partial charge in [0.15, 0.2) is 0 Å². The molecule has 104 valence electrons.